The van der Waals surface area contributed by atoms with E-state index < -0.39 is 0 Å². The summed E-state index contributed by atoms with van der Waals surface area (Å²) in [6.07, 6.45) is 7.28. The van der Waals surface area contributed by atoms with Gasteiger partial charge in [-0.05, 0) is 31.4 Å². The molecule has 1 amide bonds. The van der Waals surface area contributed by atoms with Gasteiger partial charge in [0, 0.05) is 48.7 Å². The fourth-order valence-electron chi connectivity index (χ4n) is 3.56. The van der Waals surface area contributed by atoms with Crippen molar-refractivity contribution in [2.75, 3.05) is 5.32 Å². The van der Waals surface area contributed by atoms with Gasteiger partial charge in [0.05, 0.1) is 5.69 Å². The number of carbonyl (C=O) groups is 1. The molecule has 0 radical (unpaired) electrons. The number of carbonyl (C=O) groups excluding carboxylic acids is 1. The molecule has 0 saturated heterocycles. The van der Waals surface area contributed by atoms with E-state index in [0.29, 0.717) is 31.0 Å². The molecule has 1 aromatic carbocycles. The summed E-state index contributed by atoms with van der Waals surface area (Å²) in [5.74, 6) is 2.43. The third kappa shape index (κ3) is 4.78. The maximum Gasteiger partial charge on any atom is 0.226 e. The Labute approximate surface area is 176 Å². The van der Waals surface area contributed by atoms with Crippen LogP contribution in [0.1, 0.15) is 64.0 Å². The number of nitrogens with zero attached hydrogens (tertiary/aromatic N) is 4. The molecular weight excluding hydrogens is 378 g/mol. The van der Waals surface area contributed by atoms with Crippen molar-refractivity contribution in [2.45, 2.75) is 71.3 Å². The molecule has 7 heteroatoms. The van der Waals surface area contributed by atoms with E-state index in [2.05, 4.69) is 26.2 Å². The molecule has 1 aliphatic rings. The van der Waals surface area contributed by atoms with Crippen LogP contribution < -0.4 is 5.32 Å². The first-order valence-electron chi connectivity index (χ1n) is 10.7. The van der Waals surface area contributed by atoms with E-state index in [1.165, 1.54) is 18.7 Å². The van der Waals surface area contributed by atoms with E-state index in [4.69, 9.17) is 9.51 Å². The smallest absolute Gasteiger partial charge is 0.226 e. The third-order valence-electron chi connectivity index (χ3n) is 5.31. The Kier molecular flexibility index (Phi) is 5.70. The highest BCUT2D eigenvalue weighted by Gasteiger charge is 2.20. The SMILES string of the molecule is CC(C)(C)c1noc(CCCC(=O)Nc2ccc(-c3cn4c(n3)CCCC4)cc2)n1. The van der Waals surface area contributed by atoms with Crippen LogP contribution in [0.4, 0.5) is 5.69 Å². The highest BCUT2D eigenvalue weighted by atomic mass is 16.5. The summed E-state index contributed by atoms with van der Waals surface area (Å²) in [6, 6.07) is 7.88. The molecule has 0 saturated carbocycles. The highest BCUT2D eigenvalue weighted by molar-refractivity contribution is 5.90. The zero-order valence-corrected chi connectivity index (χ0v) is 17.9. The number of nitrogens with one attached hydrogen (secondary N) is 1. The first-order valence-corrected chi connectivity index (χ1v) is 10.7. The Balaban J connectivity index is 1.27. The van der Waals surface area contributed by atoms with Crippen molar-refractivity contribution in [3.05, 3.63) is 48.0 Å². The third-order valence-corrected chi connectivity index (χ3v) is 5.31. The Morgan fingerprint density at radius 3 is 2.67 bits per heavy atom. The number of imidazole rings is 1. The van der Waals surface area contributed by atoms with Gasteiger partial charge in [0.25, 0.3) is 0 Å². The summed E-state index contributed by atoms with van der Waals surface area (Å²) < 4.78 is 7.53. The molecule has 0 atom stereocenters. The van der Waals surface area contributed by atoms with Crippen LogP contribution in [0.25, 0.3) is 11.3 Å². The molecule has 4 rings (SSSR count). The lowest BCUT2D eigenvalue weighted by atomic mass is 9.96. The second kappa shape index (κ2) is 8.42. The molecule has 3 aromatic rings. The van der Waals surface area contributed by atoms with E-state index in [-0.39, 0.29) is 11.3 Å². The molecule has 0 unspecified atom stereocenters. The predicted molar refractivity (Wildman–Crippen MR) is 115 cm³/mol. The second-order valence-electron chi connectivity index (χ2n) is 8.93. The maximum atomic E-state index is 12.3. The second-order valence-corrected chi connectivity index (χ2v) is 8.93. The molecule has 3 heterocycles. The molecule has 0 spiro atoms. The Hall–Kier alpha value is -2.96. The largest absolute Gasteiger partial charge is 0.339 e. The van der Waals surface area contributed by atoms with Gasteiger partial charge in [-0.15, -0.1) is 0 Å². The van der Waals surface area contributed by atoms with Crippen molar-refractivity contribution < 1.29 is 9.32 Å². The molecule has 7 nitrogen and oxygen atoms in total. The summed E-state index contributed by atoms with van der Waals surface area (Å²) >= 11 is 0. The average molecular weight is 408 g/mol. The minimum Gasteiger partial charge on any atom is -0.339 e. The first kappa shape index (κ1) is 20.3. The lowest BCUT2D eigenvalue weighted by molar-refractivity contribution is -0.116. The number of hydrogen-bond donors (Lipinski definition) is 1. The van der Waals surface area contributed by atoms with E-state index in [0.717, 1.165) is 29.9 Å². The van der Waals surface area contributed by atoms with Crippen LogP contribution in [0.3, 0.4) is 0 Å². The standard InChI is InChI=1S/C23H29N5O2/c1-23(2,3)22-26-21(30-27-22)9-6-8-20(29)24-17-12-10-16(11-13-17)18-15-28-14-5-4-7-19(28)25-18/h10-13,15H,4-9,14H2,1-3H3,(H,24,29). The monoisotopic (exact) mass is 407 g/mol. The van der Waals surface area contributed by atoms with Crippen molar-refractivity contribution >= 4 is 11.6 Å². The lowest BCUT2D eigenvalue weighted by Crippen LogP contribution is -2.13. The van der Waals surface area contributed by atoms with Crippen LogP contribution in [0.15, 0.2) is 35.0 Å². The molecule has 0 aliphatic carbocycles. The van der Waals surface area contributed by atoms with E-state index >= 15 is 0 Å². The molecular formula is C23H29N5O2. The van der Waals surface area contributed by atoms with Gasteiger partial charge >= 0.3 is 0 Å². The van der Waals surface area contributed by atoms with Gasteiger partial charge in [0.1, 0.15) is 5.82 Å². The van der Waals surface area contributed by atoms with Gasteiger partial charge in [-0.25, -0.2) is 4.98 Å². The molecule has 0 fully saturated rings. The van der Waals surface area contributed by atoms with Crippen molar-refractivity contribution in [1.82, 2.24) is 19.7 Å². The van der Waals surface area contributed by atoms with Gasteiger partial charge in [-0.3, -0.25) is 4.79 Å². The number of fused-ring (bicyclic) bond motifs is 1. The van der Waals surface area contributed by atoms with Gasteiger partial charge in [-0.1, -0.05) is 38.1 Å². The van der Waals surface area contributed by atoms with Crippen molar-refractivity contribution in [1.29, 1.82) is 0 Å². The molecule has 0 bridgehead atoms. The molecule has 2 aromatic heterocycles. The number of rotatable bonds is 6. The molecule has 30 heavy (non-hydrogen) atoms. The number of aryl methyl sites for hydroxylation is 3. The van der Waals surface area contributed by atoms with E-state index in [1.54, 1.807) is 0 Å². The quantitative estimate of drug-likeness (QED) is 0.649. The first-order chi connectivity index (χ1) is 14.4. The van der Waals surface area contributed by atoms with E-state index in [1.807, 2.05) is 45.0 Å². The number of amides is 1. The minimum atomic E-state index is -0.138. The maximum absolute atomic E-state index is 12.3. The zero-order chi connectivity index (χ0) is 21.1. The Morgan fingerprint density at radius 1 is 1.17 bits per heavy atom. The van der Waals surface area contributed by atoms with Crippen LogP contribution in [-0.4, -0.2) is 25.6 Å². The van der Waals surface area contributed by atoms with Gasteiger partial charge in [0.15, 0.2) is 5.82 Å². The highest BCUT2D eigenvalue weighted by Crippen LogP contribution is 2.24. The van der Waals surface area contributed by atoms with Crippen LogP contribution >= 0.6 is 0 Å². The van der Waals surface area contributed by atoms with Gasteiger partial charge in [0.2, 0.25) is 11.8 Å². The van der Waals surface area contributed by atoms with Crippen LogP contribution in [0, 0.1) is 0 Å². The van der Waals surface area contributed by atoms with E-state index in [9.17, 15) is 4.79 Å². The Morgan fingerprint density at radius 2 is 1.97 bits per heavy atom. The van der Waals surface area contributed by atoms with Gasteiger partial charge in [-0.2, -0.15) is 4.98 Å². The summed E-state index contributed by atoms with van der Waals surface area (Å²) in [5.41, 5.74) is 2.72. The number of anilines is 1. The lowest BCUT2D eigenvalue weighted by Gasteiger charge is -2.11. The Bertz CT molecular complexity index is 988. The summed E-state index contributed by atoms with van der Waals surface area (Å²) in [4.78, 5) is 21.4. The van der Waals surface area contributed by atoms with Crippen LogP contribution in [0.5, 0.6) is 0 Å². The molecule has 1 aliphatic heterocycles. The fourth-order valence-corrected chi connectivity index (χ4v) is 3.56. The number of aromatic nitrogens is 4. The fraction of sp³-hybridized carbons (Fsp3) is 0.478. The minimum absolute atomic E-state index is 0.0178. The number of benzene rings is 1. The average Bonchev–Trinajstić information content (AvgIpc) is 3.35. The van der Waals surface area contributed by atoms with Crippen molar-refractivity contribution in [3.8, 4) is 11.3 Å². The normalized spacial score (nSPS) is 13.8. The topological polar surface area (TPSA) is 85.8 Å². The summed E-state index contributed by atoms with van der Waals surface area (Å²) in [7, 11) is 0. The van der Waals surface area contributed by atoms with Crippen molar-refractivity contribution in [3.63, 3.8) is 0 Å². The molecule has 1 N–H and O–H groups in total. The van der Waals surface area contributed by atoms with Crippen LogP contribution in [0.2, 0.25) is 0 Å². The molecule has 158 valence electrons. The summed E-state index contributed by atoms with van der Waals surface area (Å²) in [6.45, 7) is 7.18. The number of hydrogen-bond acceptors (Lipinski definition) is 5. The van der Waals surface area contributed by atoms with Crippen molar-refractivity contribution in [2.24, 2.45) is 0 Å². The predicted octanol–water partition coefficient (Wildman–Crippen LogP) is 4.53. The van der Waals surface area contributed by atoms with Crippen LogP contribution in [-0.2, 0) is 29.6 Å². The van der Waals surface area contributed by atoms with Gasteiger partial charge < -0.3 is 14.4 Å². The zero-order valence-electron chi connectivity index (χ0n) is 17.9. The summed E-state index contributed by atoms with van der Waals surface area (Å²) in [5, 5.41) is 6.97.